The fourth-order valence-electron chi connectivity index (χ4n) is 0.580. The molecule has 0 atom stereocenters. The molecule has 0 aliphatic carbocycles. The van der Waals surface area contributed by atoms with Crippen LogP contribution in [-0.4, -0.2) is 16.1 Å². The molecule has 7 heteroatoms. The lowest BCUT2D eigenvalue weighted by atomic mass is 10.2. The summed E-state index contributed by atoms with van der Waals surface area (Å²) in [5.74, 6) is -4.86. The van der Waals surface area contributed by atoms with Gasteiger partial charge in [-0.05, 0) is 0 Å². The van der Waals surface area contributed by atoms with E-state index in [4.69, 9.17) is 0 Å². The lowest BCUT2D eigenvalue weighted by molar-refractivity contribution is -0.290. The van der Waals surface area contributed by atoms with Gasteiger partial charge in [0, 0.05) is 0 Å². The third-order valence-corrected chi connectivity index (χ3v) is 1.19. The zero-order valence-corrected chi connectivity index (χ0v) is 5.49. The molecule has 0 amide bonds. The van der Waals surface area contributed by atoms with Gasteiger partial charge in [-0.15, -0.1) is 0 Å². The molecule has 1 heterocycles. The number of imidazole rings is 1. The lowest BCUT2D eigenvalue weighted by Crippen LogP contribution is -2.33. The molecular formula is C5H3F5N2. The number of H-pyrrole nitrogens is 1. The first kappa shape index (κ1) is 8.95. The molecule has 0 spiro atoms. The maximum Gasteiger partial charge on any atom is 0.459 e. The second kappa shape index (κ2) is 2.43. The number of halogens is 5. The molecule has 0 saturated heterocycles. The van der Waals surface area contributed by atoms with Gasteiger partial charge in [-0.2, -0.15) is 22.0 Å². The van der Waals surface area contributed by atoms with Crippen LogP contribution in [0.25, 0.3) is 0 Å². The Bertz CT molecular complexity index is 249. The third kappa shape index (κ3) is 1.26. The van der Waals surface area contributed by atoms with Crippen LogP contribution in [0.2, 0.25) is 0 Å². The lowest BCUT2D eigenvalue weighted by Gasteiger charge is -2.17. The van der Waals surface area contributed by atoms with Crippen LogP contribution in [-0.2, 0) is 5.92 Å². The van der Waals surface area contributed by atoms with Gasteiger partial charge in [0.05, 0.1) is 12.5 Å². The number of aromatic nitrogens is 2. The van der Waals surface area contributed by atoms with Crippen molar-refractivity contribution in [1.29, 1.82) is 0 Å². The number of rotatable bonds is 1. The van der Waals surface area contributed by atoms with Crippen LogP contribution in [0.3, 0.4) is 0 Å². The van der Waals surface area contributed by atoms with Crippen molar-refractivity contribution in [3.63, 3.8) is 0 Å². The van der Waals surface area contributed by atoms with Crippen molar-refractivity contribution in [3.05, 3.63) is 18.2 Å². The molecule has 2 nitrogen and oxygen atoms in total. The van der Waals surface area contributed by atoms with Gasteiger partial charge in [0.15, 0.2) is 0 Å². The Kier molecular flexibility index (Phi) is 1.81. The van der Waals surface area contributed by atoms with Crippen LogP contribution in [0, 0.1) is 0 Å². The standard InChI is InChI=1S/C5H3F5N2/c6-4(7,5(8,9)10)3-1-11-2-12-3/h1-2H,(H,11,12). The minimum atomic E-state index is -5.58. The van der Waals surface area contributed by atoms with Crippen molar-refractivity contribution in [2.45, 2.75) is 12.1 Å². The molecule has 0 fully saturated rings. The number of nitrogens with one attached hydrogen (secondary N) is 1. The first-order valence-corrected chi connectivity index (χ1v) is 2.79. The zero-order valence-electron chi connectivity index (χ0n) is 5.49. The SMILES string of the molecule is FC(F)(F)C(F)(F)c1cnc[nH]1. The summed E-state index contributed by atoms with van der Waals surface area (Å²) < 4.78 is 59.4. The summed E-state index contributed by atoms with van der Waals surface area (Å²) in [6.07, 6.45) is -4.39. The maximum absolute atomic E-state index is 12.3. The van der Waals surface area contributed by atoms with E-state index in [1.807, 2.05) is 0 Å². The molecule has 0 aliphatic rings. The molecule has 12 heavy (non-hydrogen) atoms. The second-order valence-corrected chi connectivity index (χ2v) is 2.04. The van der Waals surface area contributed by atoms with Gasteiger partial charge in [-0.3, -0.25) is 0 Å². The van der Waals surface area contributed by atoms with Gasteiger partial charge >= 0.3 is 12.1 Å². The van der Waals surface area contributed by atoms with E-state index >= 15 is 0 Å². The quantitative estimate of drug-likeness (QED) is 0.668. The molecule has 1 aromatic heterocycles. The first-order valence-electron chi connectivity index (χ1n) is 2.79. The van der Waals surface area contributed by atoms with Crippen molar-refractivity contribution in [1.82, 2.24) is 9.97 Å². The highest BCUT2D eigenvalue weighted by molar-refractivity contribution is 5.06. The summed E-state index contributed by atoms with van der Waals surface area (Å²) in [4.78, 5) is 4.77. The van der Waals surface area contributed by atoms with Gasteiger partial charge in [-0.25, -0.2) is 4.98 Å². The van der Waals surface area contributed by atoms with Gasteiger partial charge in [-0.1, -0.05) is 0 Å². The molecule has 1 aromatic rings. The highest BCUT2D eigenvalue weighted by Gasteiger charge is 2.59. The minimum Gasteiger partial charge on any atom is -0.343 e. The zero-order chi connectivity index (χ0) is 9.41. The van der Waals surface area contributed by atoms with E-state index in [9.17, 15) is 22.0 Å². The molecule has 0 saturated carbocycles. The molecule has 1 rings (SSSR count). The van der Waals surface area contributed by atoms with Crippen molar-refractivity contribution < 1.29 is 22.0 Å². The Balaban J connectivity index is 3.02. The maximum atomic E-state index is 12.3. The van der Waals surface area contributed by atoms with E-state index in [1.165, 1.54) is 0 Å². The monoisotopic (exact) mass is 186 g/mol. The van der Waals surface area contributed by atoms with E-state index in [0.717, 1.165) is 6.33 Å². The van der Waals surface area contributed by atoms with Crippen molar-refractivity contribution in [2.24, 2.45) is 0 Å². The Labute approximate surface area is 63.4 Å². The number of alkyl halides is 5. The predicted octanol–water partition coefficient (Wildman–Crippen LogP) is 2.06. The molecule has 0 radical (unpaired) electrons. The topological polar surface area (TPSA) is 28.7 Å². The highest BCUT2D eigenvalue weighted by Crippen LogP contribution is 2.42. The molecular weight excluding hydrogens is 183 g/mol. The van der Waals surface area contributed by atoms with Crippen molar-refractivity contribution in [3.8, 4) is 0 Å². The van der Waals surface area contributed by atoms with Crippen LogP contribution in [0.15, 0.2) is 12.5 Å². The Morgan fingerprint density at radius 3 is 2.08 bits per heavy atom. The van der Waals surface area contributed by atoms with E-state index in [2.05, 4.69) is 4.98 Å². The number of hydrogen-bond donors (Lipinski definition) is 1. The molecule has 1 N–H and O–H groups in total. The van der Waals surface area contributed by atoms with Crippen molar-refractivity contribution >= 4 is 0 Å². The fraction of sp³-hybridized carbons (Fsp3) is 0.400. The largest absolute Gasteiger partial charge is 0.459 e. The van der Waals surface area contributed by atoms with Crippen LogP contribution in [0.4, 0.5) is 22.0 Å². The number of nitrogens with zero attached hydrogens (tertiary/aromatic N) is 1. The van der Waals surface area contributed by atoms with Crippen LogP contribution in [0.5, 0.6) is 0 Å². The average Bonchev–Trinajstić information content (AvgIpc) is 2.34. The fourth-order valence-corrected chi connectivity index (χ4v) is 0.580. The number of aromatic amines is 1. The first-order chi connectivity index (χ1) is 5.36. The molecule has 0 unspecified atom stereocenters. The van der Waals surface area contributed by atoms with Crippen LogP contribution >= 0.6 is 0 Å². The van der Waals surface area contributed by atoms with Crippen LogP contribution in [0.1, 0.15) is 5.69 Å². The van der Waals surface area contributed by atoms with E-state index in [-0.39, 0.29) is 0 Å². The summed E-state index contributed by atoms with van der Waals surface area (Å²) >= 11 is 0. The van der Waals surface area contributed by atoms with Gasteiger partial charge < -0.3 is 4.98 Å². The number of hydrogen-bond acceptors (Lipinski definition) is 1. The molecule has 0 aromatic carbocycles. The average molecular weight is 186 g/mol. The van der Waals surface area contributed by atoms with E-state index < -0.39 is 17.8 Å². The second-order valence-electron chi connectivity index (χ2n) is 2.04. The molecule has 0 bridgehead atoms. The summed E-state index contributed by atoms with van der Waals surface area (Å²) in [6.45, 7) is 0. The summed E-state index contributed by atoms with van der Waals surface area (Å²) in [6, 6.07) is 0. The smallest absolute Gasteiger partial charge is 0.343 e. The highest BCUT2D eigenvalue weighted by atomic mass is 19.4. The molecule has 0 aliphatic heterocycles. The normalized spacial score (nSPS) is 13.4. The van der Waals surface area contributed by atoms with Crippen LogP contribution < -0.4 is 0 Å². The summed E-state index contributed by atoms with van der Waals surface area (Å²) in [5, 5.41) is 0. The van der Waals surface area contributed by atoms with E-state index in [0.29, 0.717) is 6.20 Å². The summed E-state index contributed by atoms with van der Waals surface area (Å²) in [7, 11) is 0. The van der Waals surface area contributed by atoms with Gasteiger partial charge in [0.25, 0.3) is 0 Å². The Hall–Kier alpha value is -1.14. The van der Waals surface area contributed by atoms with E-state index in [1.54, 1.807) is 4.98 Å². The minimum absolute atomic E-state index is 0.438. The van der Waals surface area contributed by atoms with Gasteiger partial charge in [0.2, 0.25) is 0 Å². The Morgan fingerprint density at radius 2 is 1.75 bits per heavy atom. The van der Waals surface area contributed by atoms with Gasteiger partial charge in [0.1, 0.15) is 5.69 Å². The molecule has 68 valence electrons. The van der Waals surface area contributed by atoms with Crippen molar-refractivity contribution in [2.75, 3.05) is 0 Å². The Morgan fingerprint density at radius 1 is 1.17 bits per heavy atom. The third-order valence-electron chi connectivity index (χ3n) is 1.19. The predicted molar refractivity (Wildman–Crippen MR) is 28.5 cm³/mol. The summed E-state index contributed by atoms with van der Waals surface area (Å²) in [5.41, 5.74) is -1.25.